The van der Waals surface area contributed by atoms with E-state index in [-0.39, 0.29) is 12.4 Å². The third-order valence-corrected chi connectivity index (χ3v) is 2.76. The molecule has 17 heavy (non-hydrogen) atoms. The van der Waals surface area contributed by atoms with Gasteiger partial charge in [-0.1, -0.05) is 24.7 Å². The molecule has 0 aliphatic heterocycles. The summed E-state index contributed by atoms with van der Waals surface area (Å²) in [5.74, 6) is 6.35. The Morgan fingerprint density at radius 2 is 2.24 bits per heavy atom. The van der Waals surface area contributed by atoms with Crippen molar-refractivity contribution in [2.45, 2.75) is 19.3 Å². The Bertz CT molecular complexity index is 443. The number of hydrogen-bond donors (Lipinski definition) is 1. The van der Waals surface area contributed by atoms with Crippen LogP contribution in [0.1, 0.15) is 24.8 Å². The molecule has 1 aliphatic rings. The first kappa shape index (κ1) is 11.9. The fourth-order valence-corrected chi connectivity index (χ4v) is 1.58. The highest BCUT2D eigenvalue weighted by atomic mass is 19.1. The zero-order valence-electron chi connectivity index (χ0n) is 9.71. The Labute approximate surface area is 101 Å². The molecule has 1 fully saturated rings. The van der Waals surface area contributed by atoms with E-state index in [1.165, 1.54) is 18.9 Å². The summed E-state index contributed by atoms with van der Waals surface area (Å²) in [6, 6.07) is 4.76. The molecule has 0 spiro atoms. The predicted octanol–water partition coefficient (Wildman–Crippen LogP) is 2.31. The van der Waals surface area contributed by atoms with Gasteiger partial charge in [0.05, 0.1) is 18.7 Å². The van der Waals surface area contributed by atoms with Crippen LogP contribution >= 0.6 is 0 Å². The van der Waals surface area contributed by atoms with Crippen molar-refractivity contribution >= 4 is 0 Å². The van der Waals surface area contributed by atoms with Crippen molar-refractivity contribution in [2.24, 2.45) is 11.7 Å². The van der Waals surface area contributed by atoms with Gasteiger partial charge in [0.15, 0.2) is 0 Å². The van der Waals surface area contributed by atoms with E-state index in [0.29, 0.717) is 17.9 Å². The highest BCUT2D eigenvalue weighted by Crippen LogP contribution is 2.32. The molecule has 2 rings (SSSR count). The van der Waals surface area contributed by atoms with Crippen LogP contribution in [0.2, 0.25) is 0 Å². The van der Waals surface area contributed by atoms with E-state index in [2.05, 4.69) is 11.8 Å². The quantitative estimate of drug-likeness (QED) is 0.810. The van der Waals surface area contributed by atoms with E-state index in [0.717, 1.165) is 12.3 Å². The van der Waals surface area contributed by atoms with Gasteiger partial charge in [0.25, 0.3) is 0 Å². The van der Waals surface area contributed by atoms with Gasteiger partial charge in [-0.15, -0.1) is 0 Å². The van der Waals surface area contributed by atoms with Crippen LogP contribution in [-0.4, -0.2) is 13.2 Å². The average Bonchev–Trinajstić information content (AvgIpc) is 3.12. The Morgan fingerprint density at radius 3 is 2.88 bits per heavy atom. The lowest BCUT2D eigenvalue weighted by Crippen LogP contribution is -1.99. The van der Waals surface area contributed by atoms with Crippen molar-refractivity contribution in [1.29, 1.82) is 0 Å². The minimum Gasteiger partial charge on any atom is -0.493 e. The van der Waals surface area contributed by atoms with Gasteiger partial charge in [-0.25, -0.2) is 4.39 Å². The fraction of sp³-hybridized carbons (Fsp3) is 0.429. The van der Waals surface area contributed by atoms with Crippen LogP contribution in [0.4, 0.5) is 4.39 Å². The highest BCUT2D eigenvalue weighted by Gasteiger charge is 2.20. The van der Waals surface area contributed by atoms with E-state index in [1.807, 2.05) is 0 Å². The molecule has 1 aromatic carbocycles. The van der Waals surface area contributed by atoms with Crippen molar-refractivity contribution in [3.8, 4) is 17.6 Å². The van der Waals surface area contributed by atoms with Crippen molar-refractivity contribution in [3.05, 3.63) is 29.6 Å². The number of hydrogen-bond acceptors (Lipinski definition) is 2. The summed E-state index contributed by atoms with van der Waals surface area (Å²) < 4.78 is 19.0. The number of benzene rings is 1. The zero-order valence-corrected chi connectivity index (χ0v) is 9.71. The molecule has 0 aromatic heterocycles. The van der Waals surface area contributed by atoms with E-state index in [9.17, 15) is 4.39 Å². The molecule has 1 saturated carbocycles. The number of nitrogens with two attached hydrogens (primary N) is 1. The van der Waals surface area contributed by atoms with Crippen molar-refractivity contribution in [2.75, 3.05) is 13.2 Å². The summed E-state index contributed by atoms with van der Waals surface area (Å²) in [5.41, 5.74) is 5.60. The largest absolute Gasteiger partial charge is 0.493 e. The molecule has 0 unspecified atom stereocenters. The van der Waals surface area contributed by atoms with Crippen LogP contribution in [-0.2, 0) is 0 Å². The molecule has 3 heteroatoms. The maximum atomic E-state index is 13.5. The van der Waals surface area contributed by atoms with Crippen molar-refractivity contribution in [3.63, 3.8) is 0 Å². The number of rotatable bonds is 4. The first-order valence-electron chi connectivity index (χ1n) is 5.91. The minimum absolute atomic E-state index is 0.235. The molecule has 0 atom stereocenters. The molecule has 1 aliphatic carbocycles. The standard InChI is InChI=1S/C14H16FNO/c15-14-10-13(17-9-7-11-3-4-11)6-5-12(14)2-1-8-16/h5-6,10-11H,3-4,7-9,16H2. The summed E-state index contributed by atoms with van der Waals surface area (Å²) in [4.78, 5) is 0. The Morgan fingerprint density at radius 1 is 1.41 bits per heavy atom. The summed E-state index contributed by atoms with van der Waals surface area (Å²) in [6.45, 7) is 0.900. The van der Waals surface area contributed by atoms with Crippen LogP contribution in [0.3, 0.4) is 0 Å². The van der Waals surface area contributed by atoms with Crippen LogP contribution in [0, 0.1) is 23.6 Å². The third-order valence-electron chi connectivity index (χ3n) is 2.76. The smallest absolute Gasteiger partial charge is 0.142 e. The van der Waals surface area contributed by atoms with E-state index in [1.54, 1.807) is 12.1 Å². The molecule has 0 bridgehead atoms. The summed E-state index contributed by atoms with van der Waals surface area (Å²) in [6.07, 6.45) is 3.69. The lowest BCUT2D eigenvalue weighted by atomic mass is 10.2. The molecule has 0 heterocycles. The summed E-state index contributed by atoms with van der Waals surface area (Å²) in [5, 5.41) is 0. The molecule has 0 saturated heterocycles. The third kappa shape index (κ3) is 3.76. The molecular weight excluding hydrogens is 217 g/mol. The van der Waals surface area contributed by atoms with E-state index in [4.69, 9.17) is 10.5 Å². The van der Waals surface area contributed by atoms with E-state index >= 15 is 0 Å². The number of halogens is 1. The van der Waals surface area contributed by atoms with E-state index < -0.39 is 0 Å². The van der Waals surface area contributed by atoms with Gasteiger partial charge in [0, 0.05) is 6.07 Å². The van der Waals surface area contributed by atoms with Gasteiger partial charge in [-0.3, -0.25) is 0 Å². The summed E-state index contributed by atoms with van der Waals surface area (Å²) >= 11 is 0. The molecule has 90 valence electrons. The lowest BCUT2D eigenvalue weighted by Gasteiger charge is -2.06. The molecular formula is C14H16FNO. The van der Waals surface area contributed by atoms with Crippen molar-refractivity contribution in [1.82, 2.24) is 0 Å². The Hall–Kier alpha value is -1.53. The predicted molar refractivity (Wildman–Crippen MR) is 65.2 cm³/mol. The van der Waals surface area contributed by atoms with Gasteiger partial charge in [0.2, 0.25) is 0 Å². The van der Waals surface area contributed by atoms with Gasteiger partial charge < -0.3 is 10.5 Å². The maximum absolute atomic E-state index is 13.5. The van der Waals surface area contributed by atoms with Gasteiger partial charge in [-0.2, -0.15) is 0 Å². The van der Waals surface area contributed by atoms with Crippen molar-refractivity contribution < 1.29 is 9.13 Å². The van der Waals surface area contributed by atoms with Gasteiger partial charge in [0.1, 0.15) is 11.6 Å². The van der Waals surface area contributed by atoms with Gasteiger partial charge >= 0.3 is 0 Å². The Kier molecular flexibility index (Phi) is 4.00. The minimum atomic E-state index is -0.352. The van der Waals surface area contributed by atoms with Crippen LogP contribution < -0.4 is 10.5 Å². The lowest BCUT2D eigenvalue weighted by molar-refractivity contribution is 0.301. The first-order valence-corrected chi connectivity index (χ1v) is 5.91. The molecule has 0 radical (unpaired) electrons. The summed E-state index contributed by atoms with van der Waals surface area (Å²) in [7, 11) is 0. The first-order chi connectivity index (χ1) is 8.29. The Balaban J connectivity index is 1.92. The fourth-order valence-electron chi connectivity index (χ4n) is 1.58. The molecule has 0 amide bonds. The van der Waals surface area contributed by atoms with Crippen LogP contribution in [0.25, 0.3) is 0 Å². The molecule has 1 aromatic rings. The van der Waals surface area contributed by atoms with Crippen LogP contribution in [0.5, 0.6) is 5.75 Å². The zero-order chi connectivity index (χ0) is 12.1. The monoisotopic (exact) mass is 233 g/mol. The second kappa shape index (κ2) is 5.70. The highest BCUT2D eigenvalue weighted by molar-refractivity contribution is 5.39. The SMILES string of the molecule is NCC#Cc1ccc(OCCC2CC2)cc1F. The second-order valence-corrected chi connectivity index (χ2v) is 4.23. The number of ether oxygens (including phenoxy) is 1. The second-order valence-electron chi connectivity index (χ2n) is 4.23. The molecule has 2 nitrogen and oxygen atoms in total. The molecule has 2 N–H and O–H groups in total. The normalized spacial score (nSPS) is 14.0. The topological polar surface area (TPSA) is 35.2 Å². The van der Waals surface area contributed by atoms with Crippen LogP contribution in [0.15, 0.2) is 18.2 Å². The maximum Gasteiger partial charge on any atom is 0.142 e. The van der Waals surface area contributed by atoms with Gasteiger partial charge in [-0.05, 0) is 24.5 Å². The average molecular weight is 233 g/mol.